The zero-order valence-corrected chi connectivity index (χ0v) is 14.7. The number of nitrogens with one attached hydrogen (secondary N) is 2. The minimum Gasteiger partial charge on any atom is -0.497 e. The molecule has 0 heterocycles. The lowest BCUT2D eigenvalue weighted by molar-refractivity contribution is -0.115. The summed E-state index contributed by atoms with van der Waals surface area (Å²) in [6.45, 7) is 0.776. The molecular formula is C22H22N2O2. The van der Waals surface area contributed by atoms with Crippen LogP contribution in [0.2, 0.25) is 0 Å². The van der Waals surface area contributed by atoms with Crippen LogP contribution in [0.5, 0.6) is 5.75 Å². The van der Waals surface area contributed by atoms with Gasteiger partial charge in [-0.05, 0) is 47.5 Å². The Morgan fingerprint density at radius 1 is 0.808 bits per heavy atom. The van der Waals surface area contributed by atoms with Gasteiger partial charge in [0.15, 0.2) is 0 Å². The van der Waals surface area contributed by atoms with Crippen molar-refractivity contribution in [3.8, 4) is 5.75 Å². The lowest BCUT2D eigenvalue weighted by atomic mass is 10.1. The van der Waals surface area contributed by atoms with Crippen molar-refractivity contribution in [2.75, 3.05) is 17.7 Å². The first-order valence-corrected chi connectivity index (χ1v) is 8.53. The van der Waals surface area contributed by atoms with Crippen LogP contribution in [0.3, 0.4) is 0 Å². The van der Waals surface area contributed by atoms with E-state index in [1.54, 1.807) is 7.11 Å². The van der Waals surface area contributed by atoms with E-state index in [1.165, 1.54) is 5.56 Å². The van der Waals surface area contributed by atoms with Gasteiger partial charge in [0.05, 0.1) is 13.5 Å². The van der Waals surface area contributed by atoms with E-state index >= 15 is 0 Å². The van der Waals surface area contributed by atoms with Gasteiger partial charge in [-0.3, -0.25) is 4.79 Å². The Labute approximate surface area is 153 Å². The molecule has 0 aliphatic heterocycles. The van der Waals surface area contributed by atoms with E-state index in [2.05, 4.69) is 22.8 Å². The van der Waals surface area contributed by atoms with Gasteiger partial charge in [-0.1, -0.05) is 42.5 Å². The van der Waals surface area contributed by atoms with Gasteiger partial charge < -0.3 is 15.4 Å². The normalized spacial score (nSPS) is 10.2. The third-order valence-corrected chi connectivity index (χ3v) is 4.03. The molecule has 132 valence electrons. The summed E-state index contributed by atoms with van der Waals surface area (Å²) in [4.78, 5) is 12.2. The first-order valence-electron chi connectivity index (χ1n) is 8.53. The molecule has 0 radical (unpaired) electrons. The highest BCUT2D eigenvalue weighted by atomic mass is 16.5. The number of carbonyl (C=O) groups is 1. The number of rotatable bonds is 7. The topological polar surface area (TPSA) is 50.4 Å². The van der Waals surface area contributed by atoms with Crippen molar-refractivity contribution in [1.29, 1.82) is 0 Å². The molecule has 0 saturated heterocycles. The molecule has 0 bridgehead atoms. The van der Waals surface area contributed by atoms with E-state index in [4.69, 9.17) is 4.74 Å². The highest BCUT2D eigenvalue weighted by Crippen LogP contribution is 2.16. The van der Waals surface area contributed by atoms with Crippen molar-refractivity contribution in [3.05, 3.63) is 90.0 Å². The predicted molar refractivity (Wildman–Crippen MR) is 106 cm³/mol. The van der Waals surface area contributed by atoms with Gasteiger partial charge in [-0.15, -0.1) is 0 Å². The smallest absolute Gasteiger partial charge is 0.228 e. The quantitative estimate of drug-likeness (QED) is 0.663. The molecule has 26 heavy (non-hydrogen) atoms. The van der Waals surface area contributed by atoms with Gasteiger partial charge in [0.1, 0.15) is 5.75 Å². The van der Waals surface area contributed by atoms with Crippen molar-refractivity contribution < 1.29 is 9.53 Å². The molecule has 3 rings (SSSR count). The number of hydrogen-bond acceptors (Lipinski definition) is 3. The van der Waals surface area contributed by atoms with E-state index in [1.807, 2.05) is 66.7 Å². The number of amides is 1. The van der Waals surface area contributed by atoms with Crippen LogP contribution < -0.4 is 15.4 Å². The van der Waals surface area contributed by atoms with Crippen LogP contribution in [0.15, 0.2) is 78.9 Å². The molecule has 0 spiro atoms. The van der Waals surface area contributed by atoms with E-state index in [-0.39, 0.29) is 5.91 Å². The zero-order valence-electron chi connectivity index (χ0n) is 14.7. The fourth-order valence-electron chi connectivity index (χ4n) is 2.61. The summed E-state index contributed by atoms with van der Waals surface area (Å²) in [7, 11) is 1.62. The molecule has 4 heteroatoms. The SMILES string of the molecule is COc1ccc(NC(=O)Cc2ccc(NCc3ccccc3)cc2)cc1. The van der Waals surface area contributed by atoms with Crippen LogP contribution in [-0.4, -0.2) is 13.0 Å². The molecular weight excluding hydrogens is 324 g/mol. The predicted octanol–water partition coefficient (Wildman–Crippen LogP) is 4.49. The maximum Gasteiger partial charge on any atom is 0.228 e. The van der Waals surface area contributed by atoms with E-state index in [9.17, 15) is 4.79 Å². The fourth-order valence-corrected chi connectivity index (χ4v) is 2.61. The Bertz CT molecular complexity index is 828. The van der Waals surface area contributed by atoms with E-state index < -0.39 is 0 Å². The largest absolute Gasteiger partial charge is 0.497 e. The summed E-state index contributed by atoms with van der Waals surface area (Å²) in [5, 5.41) is 6.27. The molecule has 0 unspecified atom stereocenters. The summed E-state index contributed by atoms with van der Waals surface area (Å²) in [6, 6.07) is 25.5. The standard InChI is InChI=1S/C22H22N2O2/c1-26-21-13-11-20(12-14-21)24-22(25)15-17-7-9-19(10-8-17)23-16-18-5-3-2-4-6-18/h2-14,23H,15-16H2,1H3,(H,24,25). The maximum atomic E-state index is 12.2. The monoisotopic (exact) mass is 346 g/mol. The molecule has 4 nitrogen and oxygen atoms in total. The Morgan fingerprint density at radius 3 is 2.12 bits per heavy atom. The minimum atomic E-state index is -0.0415. The number of anilines is 2. The summed E-state index contributed by atoms with van der Waals surface area (Å²) in [5.74, 6) is 0.724. The van der Waals surface area contributed by atoms with Crippen molar-refractivity contribution in [2.24, 2.45) is 0 Å². The van der Waals surface area contributed by atoms with Gasteiger partial charge in [-0.2, -0.15) is 0 Å². The van der Waals surface area contributed by atoms with Gasteiger partial charge in [0.2, 0.25) is 5.91 Å². The Kier molecular flexibility index (Phi) is 5.88. The lowest BCUT2D eigenvalue weighted by Gasteiger charge is -2.09. The van der Waals surface area contributed by atoms with Crippen LogP contribution in [0.4, 0.5) is 11.4 Å². The van der Waals surface area contributed by atoms with Crippen LogP contribution in [0.1, 0.15) is 11.1 Å². The molecule has 0 aromatic heterocycles. The lowest BCUT2D eigenvalue weighted by Crippen LogP contribution is -2.14. The summed E-state index contributed by atoms with van der Waals surface area (Å²) in [5.41, 5.74) is 4.00. The first kappa shape index (κ1) is 17.5. The van der Waals surface area contributed by atoms with E-state index in [0.29, 0.717) is 6.42 Å². The Morgan fingerprint density at radius 2 is 1.46 bits per heavy atom. The average molecular weight is 346 g/mol. The molecule has 0 aliphatic carbocycles. The average Bonchev–Trinajstić information content (AvgIpc) is 2.69. The van der Waals surface area contributed by atoms with Gasteiger partial charge >= 0.3 is 0 Å². The van der Waals surface area contributed by atoms with Gasteiger partial charge in [0.25, 0.3) is 0 Å². The van der Waals surface area contributed by atoms with Gasteiger partial charge in [-0.25, -0.2) is 0 Å². The second-order valence-electron chi connectivity index (χ2n) is 5.99. The molecule has 3 aromatic rings. The Hall–Kier alpha value is -3.27. The number of hydrogen-bond donors (Lipinski definition) is 2. The molecule has 0 aliphatic rings. The molecule has 0 atom stereocenters. The summed E-state index contributed by atoms with van der Waals surface area (Å²) >= 11 is 0. The number of methoxy groups -OCH3 is 1. The fraction of sp³-hybridized carbons (Fsp3) is 0.136. The van der Waals surface area contributed by atoms with E-state index in [0.717, 1.165) is 29.2 Å². The van der Waals surface area contributed by atoms with Crippen LogP contribution in [-0.2, 0) is 17.8 Å². The van der Waals surface area contributed by atoms with Crippen molar-refractivity contribution in [2.45, 2.75) is 13.0 Å². The highest BCUT2D eigenvalue weighted by molar-refractivity contribution is 5.92. The molecule has 0 saturated carbocycles. The van der Waals surface area contributed by atoms with Crippen molar-refractivity contribution >= 4 is 17.3 Å². The summed E-state index contributed by atoms with van der Waals surface area (Å²) < 4.78 is 5.11. The Balaban J connectivity index is 1.50. The maximum absolute atomic E-state index is 12.2. The van der Waals surface area contributed by atoms with Crippen LogP contribution in [0.25, 0.3) is 0 Å². The summed E-state index contributed by atoms with van der Waals surface area (Å²) in [6.07, 6.45) is 0.338. The van der Waals surface area contributed by atoms with Crippen molar-refractivity contribution in [1.82, 2.24) is 0 Å². The third-order valence-electron chi connectivity index (χ3n) is 4.03. The van der Waals surface area contributed by atoms with Crippen LogP contribution >= 0.6 is 0 Å². The second kappa shape index (κ2) is 8.72. The first-order chi connectivity index (χ1) is 12.7. The molecule has 0 fully saturated rings. The van der Waals surface area contributed by atoms with Gasteiger partial charge in [0, 0.05) is 17.9 Å². The van der Waals surface area contributed by atoms with Crippen LogP contribution in [0, 0.1) is 0 Å². The second-order valence-corrected chi connectivity index (χ2v) is 5.99. The molecule has 2 N–H and O–H groups in total. The number of benzene rings is 3. The molecule has 1 amide bonds. The number of carbonyl (C=O) groups excluding carboxylic acids is 1. The zero-order chi connectivity index (χ0) is 18.2. The van der Waals surface area contributed by atoms with Crippen molar-refractivity contribution in [3.63, 3.8) is 0 Å². The molecule has 3 aromatic carbocycles. The highest BCUT2D eigenvalue weighted by Gasteiger charge is 2.05. The third kappa shape index (κ3) is 5.11. The number of ether oxygens (including phenoxy) is 1. The minimum absolute atomic E-state index is 0.0415.